The molecule has 0 spiro atoms. The van der Waals surface area contributed by atoms with E-state index >= 15 is 0 Å². The van der Waals surface area contributed by atoms with Gasteiger partial charge in [0.2, 0.25) is 10.0 Å². The van der Waals surface area contributed by atoms with E-state index in [9.17, 15) is 27.5 Å². The quantitative estimate of drug-likeness (QED) is 0.305. The van der Waals surface area contributed by atoms with Crippen molar-refractivity contribution in [1.29, 1.82) is 0 Å². The van der Waals surface area contributed by atoms with Gasteiger partial charge < -0.3 is 14.7 Å². The summed E-state index contributed by atoms with van der Waals surface area (Å²) in [5.74, 6) is -2.85. The first-order chi connectivity index (χ1) is 18.0. The Morgan fingerprint density at radius 3 is 2.55 bits per heavy atom. The zero-order chi connectivity index (χ0) is 27.9. The predicted molar refractivity (Wildman–Crippen MR) is 142 cm³/mol. The summed E-state index contributed by atoms with van der Waals surface area (Å²) < 4.78 is 42.7. The van der Waals surface area contributed by atoms with E-state index in [0.29, 0.717) is 29.3 Å². The Kier molecular flexibility index (Phi) is 10.1. The van der Waals surface area contributed by atoms with Crippen molar-refractivity contribution in [2.75, 3.05) is 18.9 Å². The van der Waals surface area contributed by atoms with E-state index in [2.05, 4.69) is 4.98 Å². The number of aromatic nitrogens is 1. The Morgan fingerprint density at radius 2 is 1.92 bits per heavy atom. The summed E-state index contributed by atoms with van der Waals surface area (Å²) in [5, 5.41) is 16.2. The molecule has 204 valence electrons. The average molecular weight is 564 g/mol. The Morgan fingerprint density at radius 1 is 1.21 bits per heavy atom. The molecule has 0 fully saturated rings. The fourth-order valence-electron chi connectivity index (χ4n) is 3.87. The molecule has 1 amide bonds. The van der Waals surface area contributed by atoms with Gasteiger partial charge in [-0.3, -0.25) is 9.59 Å². The number of sulfonamides is 1. The second-order valence-corrected chi connectivity index (χ2v) is 11.5. The van der Waals surface area contributed by atoms with E-state index in [1.807, 2.05) is 30.3 Å². The molecule has 1 unspecified atom stereocenters. The lowest BCUT2D eigenvalue weighted by atomic mass is 10.1. The van der Waals surface area contributed by atoms with Crippen molar-refractivity contribution in [2.24, 2.45) is 5.14 Å². The van der Waals surface area contributed by atoms with Gasteiger partial charge in [0.05, 0.1) is 13.2 Å². The van der Waals surface area contributed by atoms with Gasteiger partial charge in [-0.05, 0) is 44.4 Å². The van der Waals surface area contributed by atoms with E-state index in [1.54, 1.807) is 13.8 Å². The Labute approximate surface area is 225 Å². The average Bonchev–Trinajstić information content (AvgIpc) is 3.22. The fraction of sp³-hybridized carbons (Fsp3) is 0.346. The van der Waals surface area contributed by atoms with Crippen LogP contribution in [0.25, 0.3) is 0 Å². The standard InChI is InChI=1S/C26H30FN3O6S2/c1-3-36-19-11-12-20(21(27)14-19)25(32)26(33)30(13-7-10-18-8-5-4-6-9-18)15-23-29-24(17(2)37-23)22(31)16-38(28,34)35/h4-6,8-9,11-12,14,25,32H,3,7,10,13,15-16H2,1-2H3,(H2,28,34,35). The topological polar surface area (TPSA) is 140 Å². The number of benzene rings is 2. The maximum absolute atomic E-state index is 14.7. The van der Waals surface area contributed by atoms with Crippen molar-refractivity contribution in [3.05, 3.63) is 81.1 Å². The molecular formula is C26H30FN3O6S2. The number of nitrogens with two attached hydrogens (primary N) is 1. The third-order valence-corrected chi connectivity index (χ3v) is 7.24. The van der Waals surface area contributed by atoms with Crippen molar-refractivity contribution < 1.29 is 32.2 Å². The molecule has 0 bridgehead atoms. The highest BCUT2D eigenvalue weighted by molar-refractivity contribution is 7.89. The van der Waals surface area contributed by atoms with E-state index < -0.39 is 39.4 Å². The third-order valence-electron chi connectivity index (χ3n) is 5.62. The molecule has 1 atom stereocenters. The number of Topliss-reactive ketones (excluding diaryl/α,β-unsaturated/α-hetero) is 1. The molecule has 0 aliphatic rings. The molecule has 0 aliphatic carbocycles. The number of primary sulfonamides is 1. The normalized spacial score (nSPS) is 12.2. The molecule has 3 N–H and O–H groups in total. The van der Waals surface area contributed by atoms with Crippen LogP contribution >= 0.6 is 11.3 Å². The maximum Gasteiger partial charge on any atom is 0.256 e. The van der Waals surface area contributed by atoms with Gasteiger partial charge in [-0.15, -0.1) is 11.3 Å². The molecular weight excluding hydrogens is 533 g/mol. The van der Waals surface area contributed by atoms with E-state index in [0.717, 1.165) is 23.0 Å². The number of rotatable bonds is 13. The second kappa shape index (κ2) is 13.1. The number of nitrogens with zero attached hydrogens (tertiary/aromatic N) is 2. The van der Waals surface area contributed by atoms with Crippen LogP contribution < -0.4 is 9.88 Å². The van der Waals surface area contributed by atoms with Gasteiger partial charge in [0.1, 0.15) is 28.0 Å². The Balaban J connectivity index is 1.82. The third kappa shape index (κ3) is 8.15. The first kappa shape index (κ1) is 29.4. The van der Waals surface area contributed by atoms with Crippen molar-refractivity contribution in [3.8, 4) is 5.75 Å². The molecule has 2 aromatic carbocycles. The smallest absolute Gasteiger partial charge is 0.256 e. The predicted octanol–water partition coefficient (Wildman–Crippen LogP) is 3.16. The Bertz CT molecular complexity index is 1380. The first-order valence-corrected chi connectivity index (χ1v) is 14.4. The van der Waals surface area contributed by atoms with Crippen LogP contribution in [0.4, 0.5) is 4.39 Å². The number of hydrogen-bond acceptors (Lipinski definition) is 8. The summed E-state index contributed by atoms with van der Waals surface area (Å²) >= 11 is 1.13. The minimum atomic E-state index is -4.03. The number of amides is 1. The summed E-state index contributed by atoms with van der Waals surface area (Å²) in [6.07, 6.45) is -0.560. The minimum Gasteiger partial charge on any atom is -0.494 e. The highest BCUT2D eigenvalue weighted by atomic mass is 32.2. The van der Waals surface area contributed by atoms with E-state index in [-0.39, 0.29) is 30.1 Å². The largest absolute Gasteiger partial charge is 0.494 e. The van der Waals surface area contributed by atoms with Crippen LogP contribution in [0.3, 0.4) is 0 Å². The molecule has 38 heavy (non-hydrogen) atoms. The molecule has 12 heteroatoms. The monoisotopic (exact) mass is 563 g/mol. The van der Waals surface area contributed by atoms with Gasteiger partial charge in [-0.2, -0.15) is 0 Å². The molecule has 1 heterocycles. The SMILES string of the molecule is CCOc1ccc(C(O)C(=O)N(CCCc2ccccc2)Cc2nc(C(=O)CS(N)(=O)=O)c(C)s2)c(F)c1. The fourth-order valence-corrected chi connectivity index (χ4v) is 5.34. The molecule has 0 saturated heterocycles. The number of hydrogen-bond donors (Lipinski definition) is 2. The number of aryl methyl sites for hydroxylation is 2. The van der Waals surface area contributed by atoms with Crippen LogP contribution in [0, 0.1) is 12.7 Å². The summed E-state index contributed by atoms with van der Waals surface area (Å²) in [6.45, 7) is 3.87. The van der Waals surface area contributed by atoms with Gasteiger partial charge in [0.25, 0.3) is 5.91 Å². The number of ether oxygens (including phenoxy) is 1. The van der Waals surface area contributed by atoms with Crippen LogP contribution in [-0.2, 0) is 27.8 Å². The highest BCUT2D eigenvalue weighted by Gasteiger charge is 2.28. The number of halogens is 1. The van der Waals surface area contributed by atoms with Crippen LogP contribution in [0.15, 0.2) is 48.5 Å². The lowest BCUT2D eigenvalue weighted by Gasteiger charge is -2.25. The lowest BCUT2D eigenvalue weighted by Crippen LogP contribution is -2.36. The van der Waals surface area contributed by atoms with Gasteiger partial charge in [0, 0.05) is 23.1 Å². The van der Waals surface area contributed by atoms with Crippen LogP contribution in [0.1, 0.15) is 50.9 Å². The number of carbonyl (C=O) groups is 2. The summed E-state index contributed by atoms with van der Waals surface area (Å²) in [7, 11) is -4.03. The van der Waals surface area contributed by atoms with Crippen molar-refractivity contribution in [3.63, 3.8) is 0 Å². The maximum atomic E-state index is 14.7. The molecule has 0 radical (unpaired) electrons. The van der Waals surface area contributed by atoms with Crippen LogP contribution in [0.5, 0.6) is 5.75 Å². The number of ketones is 1. The summed E-state index contributed by atoms with van der Waals surface area (Å²) in [4.78, 5) is 31.8. The Hall–Kier alpha value is -3.19. The van der Waals surface area contributed by atoms with Crippen molar-refractivity contribution in [1.82, 2.24) is 9.88 Å². The molecule has 9 nitrogen and oxygen atoms in total. The van der Waals surface area contributed by atoms with E-state index in [1.165, 1.54) is 17.0 Å². The molecule has 3 rings (SSSR count). The number of carbonyl (C=O) groups excluding carboxylic acids is 2. The van der Waals surface area contributed by atoms with Gasteiger partial charge >= 0.3 is 0 Å². The zero-order valence-corrected chi connectivity index (χ0v) is 22.7. The summed E-state index contributed by atoms with van der Waals surface area (Å²) in [6, 6.07) is 13.6. The zero-order valence-electron chi connectivity index (χ0n) is 21.1. The number of thiazole rings is 1. The van der Waals surface area contributed by atoms with Crippen molar-refractivity contribution >= 4 is 33.1 Å². The highest BCUT2D eigenvalue weighted by Crippen LogP contribution is 2.26. The molecule has 0 saturated carbocycles. The van der Waals surface area contributed by atoms with Crippen LogP contribution in [-0.4, -0.2) is 54.0 Å². The first-order valence-electron chi connectivity index (χ1n) is 11.9. The van der Waals surface area contributed by atoms with Gasteiger partial charge in [0.15, 0.2) is 11.9 Å². The van der Waals surface area contributed by atoms with Crippen molar-refractivity contribution in [2.45, 2.75) is 39.3 Å². The van der Waals surface area contributed by atoms with Gasteiger partial charge in [-0.25, -0.2) is 22.9 Å². The molecule has 3 aromatic rings. The second-order valence-electron chi connectivity index (χ2n) is 8.61. The minimum absolute atomic E-state index is 0.0335. The van der Waals surface area contributed by atoms with E-state index in [4.69, 9.17) is 9.88 Å². The molecule has 1 aromatic heterocycles. The van der Waals surface area contributed by atoms with Crippen LogP contribution in [0.2, 0.25) is 0 Å². The number of aliphatic hydroxyl groups is 1. The summed E-state index contributed by atoms with van der Waals surface area (Å²) in [5.41, 5.74) is 0.846. The molecule has 0 aliphatic heterocycles. The number of aliphatic hydroxyl groups excluding tert-OH is 1. The van der Waals surface area contributed by atoms with Gasteiger partial charge in [-0.1, -0.05) is 30.3 Å². The lowest BCUT2D eigenvalue weighted by molar-refractivity contribution is -0.141.